The van der Waals surface area contributed by atoms with E-state index in [1.54, 1.807) is 0 Å². The van der Waals surface area contributed by atoms with Crippen molar-refractivity contribution in [1.82, 2.24) is 14.9 Å². The molecule has 1 heterocycles. The molecule has 0 saturated heterocycles. The first-order chi connectivity index (χ1) is 7.54. The summed E-state index contributed by atoms with van der Waals surface area (Å²) in [6.07, 6.45) is 1.88. The largest absolute Gasteiger partial charge is 0.480 e. The van der Waals surface area contributed by atoms with E-state index in [9.17, 15) is 14.4 Å². The van der Waals surface area contributed by atoms with Crippen LogP contribution in [-0.4, -0.2) is 44.9 Å². The molecule has 0 atom stereocenters. The van der Waals surface area contributed by atoms with E-state index < -0.39 is 17.6 Å². The van der Waals surface area contributed by atoms with Crippen LogP contribution in [0.4, 0.5) is 0 Å². The molecular formula is C9H13N3O4. The number of carbonyl (C=O) groups is 2. The summed E-state index contributed by atoms with van der Waals surface area (Å²) in [4.78, 5) is 38.9. The molecule has 1 rings (SSSR count). The molecule has 88 valence electrons. The molecule has 16 heavy (non-hydrogen) atoms. The lowest BCUT2D eigenvalue weighted by molar-refractivity contribution is -0.137. The number of amides is 1. The Labute approximate surface area is 91.1 Å². The van der Waals surface area contributed by atoms with Crippen LogP contribution < -0.4 is 5.69 Å². The van der Waals surface area contributed by atoms with Crippen molar-refractivity contribution in [1.29, 1.82) is 0 Å². The van der Waals surface area contributed by atoms with Gasteiger partial charge < -0.3 is 20.0 Å². The molecule has 3 N–H and O–H groups in total. The van der Waals surface area contributed by atoms with Gasteiger partial charge in [0.15, 0.2) is 0 Å². The highest BCUT2D eigenvalue weighted by Gasteiger charge is 2.18. The maximum absolute atomic E-state index is 11.8. The van der Waals surface area contributed by atoms with Crippen LogP contribution in [0.3, 0.4) is 0 Å². The van der Waals surface area contributed by atoms with Crippen molar-refractivity contribution >= 4 is 11.9 Å². The fraction of sp³-hybridized carbons (Fsp3) is 0.444. The fourth-order valence-electron chi connectivity index (χ4n) is 1.30. The van der Waals surface area contributed by atoms with Gasteiger partial charge in [-0.3, -0.25) is 9.59 Å². The third-order valence-electron chi connectivity index (χ3n) is 1.93. The van der Waals surface area contributed by atoms with Gasteiger partial charge in [0.2, 0.25) is 0 Å². The number of carboxylic acid groups (broad SMARTS) is 1. The van der Waals surface area contributed by atoms with Crippen molar-refractivity contribution < 1.29 is 14.7 Å². The van der Waals surface area contributed by atoms with Gasteiger partial charge in [0.05, 0.1) is 0 Å². The molecule has 0 aliphatic carbocycles. The van der Waals surface area contributed by atoms with Crippen LogP contribution in [0.15, 0.2) is 11.0 Å². The van der Waals surface area contributed by atoms with Crippen LogP contribution >= 0.6 is 0 Å². The fourth-order valence-corrected chi connectivity index (χ4v) is 1.30. The molecule has 0 aliphatic rings. The van der Waals surface area contributed by atoms with Gasteiger partial charge in [-0.25, -0.2) is 4.79 Å². The van der Waals surface area contributed by atoms with Gasteiger partial charge >= 0.3 is 11.7 Å². The average Bonchev–Trinajstić information content (AvgIpc) is 2.62. The van der Waals surface area contributed by atoms with E-state index in [2.05, 4.69) is 9.97 Å². The van der Waals surface area contributed by atoms with Crippen molar-refractivity contribution in [2.24, 2.45) is 0 Å². The monoisotopic (exact) mass is 227 g/mol. The van der Waals surface area contributed by atoms with Gasteiger partial charge in [0, 0.05) is 12.7 Å². The molecule has 7 heteroatoms. The molecule has 0 aliphatic heterocycles. The summed E-state index contributed by atoms with van der Waals surface area (Å²) >= 11 is 0. The zero-order chi connectivity index (χ0) is 12.1. The van der Waals surface area contributed by atoms with E-state index in [-0.39, 0.29) is 12.2 Å². The number of imidazole rings is 1. The Morgan fingerprint density at radius 2 is 2.19 bits per heavy atom. The minimum atomic E-state index is -1.08. The molecule has 0 aromatic carbocycles. The topological polar surface area (TPSA) is 106 Å². The van der Waals surface area contributed by atoms with E-state index in [0.717, 1.165) is 0 Å². The Morgan fingerprint density at radius 1 is 1.50 bits per heavy atom. The SMILES string of the molecule is CCCN(CC(=O)O)C(=O)c1c[nH]c(=O)[nH]1. The molecule has 1 amide bonds. The third kappa shape index (κ3) is 2.97. The lowest BCUT2D eigenvalue weighted by Crippen LogP contribution is -2.36. The quantitative estimate of drug-likeness (QED) is 0.638. The normalized spacial score (nSPS) is 10.1. The van der Waals surface area contributed by atoms with E-state index >= 15 is 0 Å². The van der Waals surface area contributed by atoms with Gasteiger partial charge in [-0.15, -0.1) is 0 Å². The molecule has 0 saturated carbocycles. The molecule has 0 bridgehead atoms. The van der Waals surface area contributed by atoms with Crippen LogP contribution in [0.2, 0.25) is 0 Å². The highest BCUT2D eigenvalue weighted by atomic mass is 16.4. The summed E-state index contributed by atoms with van der Waals surface area (Å²) in [7, 11) is 0. The van der Waals surface area contributed by atoms with E-state index in [1.165, 1.54) is 11.1 Å². The summed E-state index contributed by atoms with van der Waals surface area (Å²) < 4.78 is 0. The van der Waals surface area contributed by atoms with Crippen LogP contribution in [-0.2, 0) is 4.79 Å². The Morgan fingerprint density at radius 3 is 2.62 bits per heavy atom. The van der Waals surface area contributed by atoms with Crippen molar-refractivity contribution in [3.63, 3.8) is 0 Å². The van der Waals surface area contributed by atoms with E-state index in [1.807, 2.05) is 6.92 Å². The molecular weight excluding hydrogens is 214 g/mol. The molecule has 0 fully saturated rings. The Balaban J connectivity index is 2.81. The average molecular weight is 227 g/mol. The number of aliphatic carboxylic acids is 1. The smallest absolute Gasteiger partial charge is 0.323 e. The van der Waals surface area contributed by atoms with Crippen molar-refractivity contribution in [2.45, 2.75) is 13.3 Å². The summed E-state index contributed by atoms with van der Waals surface area (Å²) in [6.45, 7) is 1.79. The van der Waals surface area contributed by atoms with Gasteiger partial charge in [0.25, 0.3) is 5.91 Å². The number of nitrogens with one attached hydrogen (secondary N) is 2. The Kier molecular flexibility index (Phi) is 3.87. The van der Waals surface area contributed by atoms with Gasteiger partial charge in [-0.2, -0.15) is 0 Å². The Hall–Kier alpha value is -2.05. The summed E-state index contributed by atoms with van der Waals surface area (Å²) in [5.41, 5.74) is -0.421. The predicted octanol–water partition coefficient (Wildman–Crippen LogP) is -0.360. The third-order valence-corrected chi connectivity index (χ3v) is 1.93. The summed E-state index contributed by atoms with van der Waals surface area (Å²) in [5.74, 6) is -1.58. The van der Waals surface area contributed by atoms with Crippen molar-refractivity contribution in [3.8, 4) is 0 Å². The standard InChI is InChI=1S/C9H13N3O4/c1-2-3-12(5-7(13)14)8(15)6-4-10-9(16)11-6/h4H,2-3,5H2,1H3,(H,13,14)(H2,10,11,16). The first-order valence-corrected chi connectivity index (χ1v) is 4.83. The summed E-state index contributed by atoms with van der Waals surface area (Å²) in [5, 5.41) is 8.64. The van der Waals surface area contributed by atoms with Crippen molar-refractivity contribution in [3.05, 3.63) is 22.4 Å². The van der Waals surface area contributed by atoms with Crippen LogP contribution in [0.25, 0.3) is 0 Å². The van der Waals surface area contributed by atoms with Crippen LogP contribution in [0, 0.1) is 0 Å². The van der Waals surface area contributed by atoms with Gasteiger partial charge in [0.1, 0.15) is 12.2 Å². The Bertz CT molecular complexity index is 434. The highest BCUT2D eigenvalue weighted by molar-refractivity contribution is 5.93. The van der Waals surface area contributed by atoms with Gasteiger partial charge in [-0.05, 0) is 6.42 Å². The first-order valence-electron chi connectivity index (χ1n) is 4.83. The van der Waals surface area contributed by atoms with Crippen LogP contribution in [0.1, 0.15) is 23.8 Å². The number of nitrogens with zero attached hydrogens (tertiary/aromatic N) is 1. The van der Waals surface area contributed by atoms with Crippen molar-refractivity contribution in [2.75, 3.05) is 13.1 Å². The summed E-state index contributed by atoms with van der Waals surface area (Å²) in [6, 6.07) is 0. The van der Waals surface area contributed by atoms with Gasteiger partial charge in [-0.1, -0.05) is 6.92 Å². The maximum Gasteiger partial charge on any atom is 0.323 e. The number of hydrogen-bond acceptors (Lipinski definition) is 3. The number of rotatable bonds is 5. The number of hydrogen-bond donors (Lipinski definition) is 3. The molecule has 1 aromatic heterocycles. The highest BCUT2D eigenvalue weighted by Crippen LogP contribution is 2.00. The number of aromatic nitrogens is 2. The second-order valence-electron chi connectivity index (χ2n) is 3.28. The minimum Gasteiger partial charge on any atom is -0.480 e. The molecule has 7 nitrogen and oxygen atoms in total. The molecule has 0 spiro atoms. The minimum absolute atomic E-state index is 0.0692. The first kappa shape index (κ1) is 12.0. The van der Waals surface area contributed by atoms with Crippen LogP contribution in [0.5, 0.6) is 0 Å². The molecule has 1 aromatic rings. The molecule has 0 unspecified atom stereocenters. The molecule has 0 radical (unpaired) electrons. The number of carboxylic acids is 1. The number of carbonyl (C=O) groups excluding carboxylic acids is 1. The lowest BCUT2D eigenvalue weighted by atomic mass is 10.3. The zero-order valence-corrected chi connectivity index (χ0v) is 8.82. The zero-order valence-electron chi connectivity index (χ0n) is 8.82. The predicted molar refractivity (Wildman–Crippen MR) is 55.2 cm³/mol. The number of H-pyrrole nitrogens is 2. The van der Waals surface area contributed by atoms with E-state index in [4.69, 9.17) is 5.11 Å². The second kappa shape index (κ2) is 5.15. The second-order valence-corrected chi connectivity index (χ2v) is 3.28. The lowest BCUT2D eigenvalue weighted by Gasteiger charge is -2.18. The number of aromatic amines is 2. The van der Waals surface area contributed by atoms with E-state index in [0.29, 0.717) is 13.0 Å². The maximum atomic E-state index is 11.8.